The second kappa shape index (κ2) is 7.82. The molecule has 1 atom stereocenters. The number of esters is 1. The van der Waals surface area contributed by atoms with Gasteiger partial charge in [0.05, 0.1) is 12.7 Å². The number of rotatable bonds is 4. The summed E-state index contributed by atoms with van der Waals surface area (Å²) >= 11 is 0. The number of dihydropyridines is 1. The maximum atomic E-state index is 13.2. The van der Waals surface area contributed by atoms with E-state index in [0.717, 1.165) is 66.8 Å². The van der Waals surface area contributed by atoms with Crippen molar-refractivity contribution < 1.29 is 19.1 Å². The number of Topliss-reactive ketones (excluding diaryl/α,β-unsaturated/α-hetero) is 1. The summed E-state index contributed by atoms with van der Waals surface area (Å²) in [6, 6.07) is 7.63. The van der Waals surface area contributed by atoms with Crippen molar-refractivity contribution in [1.82, 2.24) is 5.32 Å². The molecule has 2 aliphatic carbocycles. The van der Waals surface area contributed by atoms with Crippen LogP contribution in [0.3, 0.4) is 0 Å². The highest BCUT2D eigenvalue weighted by atomic mass is 16.5. The summed E-state index contributed by atoms with van der Waals surface area (Å²) in [5.41, 5.74) is 3.94. The van der Waals surface area contributed by atoms with Gasteiger partial charge < -0.3 is 14.8 Å². The largest absolute Gasteiger partial charge is 0.497 e. The zero-order valence-electron chi connectivity index (χ0n) is 16.5. The predicted octanol–water partition coefficient (Wildman–Crippen LogP) is 4.15. The SMILES string of the molecule is COc1ccc([C@H]2C(C(=O)OC3CCCC3)=C(C)NC3=C2C(=O)CCC3)cc1. The van der Waals surface area contributed by atoms with Crippen LogP contribution in [0.2, 0.25) is 0 Å². The van der Waals surface area contributed by atoms with Crippen LogP contribution in [0.1, 0.15) is 63.4 Å². The molecule has 148 valence electrons. The first-order chi connectivity index (χ1) is 13.6. The van der Waals surface area contributed by atoms with Gasteiger partial charge in [-0.15, -0.1) is 0 Å². The van der Waals surface area contributed by atoms with Crippen molar-refractivity contribution >= 4 is 11.8 Å². The van der Waals surface area contributed by atoms with Crippen molar-refractivity contribution in [2.24, 2.45) is 0 Å². The van der Waals surface area contributed by atoms with E-state index in [9.17, 15) is 9.59 Å². The number of ketones is 1. The summed E-state index contributed by atoms with van der Waals surface area (Å²) in [5, 5.41) is 3.34. The van der Waals surface area contributed by atoms with Crippen LogP contribution in [0.5, 0.6) is 5.75 Å². The van der Waals surface area contributed by atoms with Crippen molar-refractivity contribution in [2.45, 2.75) is 63.9 Å². The van der Waals surface area contributed by atoms with E-state index in [4.69, 9.17) is 9.47 Å². The van der Waals surface area contributed by atoms with Crippen LogP contribution in [0.15, 0.2) is 46.8 Å². The first-order valence-corrected chi connectivity index (χ1v) is 10.2. The first-order valence-electron chi connectivity index (χ1n) is 10.2. The van der Waals surface area contributed by atoms with E-state index in [1.807, 2.05) is 31.2 Å². The van der Waals surface area contributed by atoms with Gasteiger partial charge in [-0.2, -0.15) is 0 Å². The molecule has 1 aliphatic heterocycles. The molecule has 1 aromatic carbocycles. The topological polar surface area (TPSA) is 64.6 Å². The van der Waals surface area contributed by atoms with Crippen molar-refractivity contribution in [3.8, 4) is 5.75 Å². The van der Waals surface area contributed by atoms with Crippen molar-refractivity contribution in [1.29, 1.82) is 0 Å². The summed E-state index contributed by atoms with van der Waals surface area (Å²) in [4.78, 5) is 26.0. The molecule has 0 saturated heterocycles. The van der Waals surface area contributed by atoms with Gasteiger partial charge in [-0.1, -0.05) is 12.1 Å². The number of carbonyl (C=O) groups is 2. The third-order valence-electron chi connectivity index (χ3n) is 6.02. The second-order valence-corrected chi connectivity index (χ2v) is 7.85. The molecule has 5 nitrogen and oxygen atoms in total. The van der Waals surface area contributed by atoms with Crippen molar-refractivity contribution in [2.75, 3.05) is 7.11 Å². The van der Waals surface area contributed by atoms with E-state index in [1.54, 1.807) is 7.11 Å². The zero-order chi connectivity index (χ0) is 19.7. The molecule has 0 aromatic heterocycles. The lowest BCUT2D eigenvalue weighted by atomic mass is 9.75. The lowest BCUT2D eigenvalue weighted by Crippen LogP contribution is -2.35. The van der Waals surface area contributed by atoms with Crippen LogP contribution in [0.25, 0.3) is 0 Å². The normalized spacial score (nSPS) is 22.8. The lowest BCUT2D eigenvalue weighted by Gasteiger charge is -2.34. The minimum Gasteiger partial charge on any atom is -0.497 e. The van der Waals surface area contributed by atoms with E-state index in [2.05, 4.69) is 5.32 Å². The molecule has 1 saturated carbocycles. The van der Waals surface area contributed by atoms with E-state index < -0.39 is 0 Å². The molecular formula is C23H27NO4. The standard InChI is InChI=1S/C23H27NO4/c1-14-20(23(26)28-17-6-3-4-7-17)21(15-10-12-16(27-2)13-11-15)22-18(24-14)8-5-9-19(22)25/h10-13,17,21,24H,3-9H2,1-2H3/t21-/m0/s1. The average Bonchev–Trinajstić information content (AvgIpc) is 3.20. The summed E-state index contributed by atoms with van der Waals surface area (Å²) in [7, 11) is 1.62. The predicted molar refractivity (Wildman–Crippen MR) is 106 cm³/mol. The van der Waals surface area contributed by atoms with Gasteiger partial charge in [-0.05, 0) is 63.1 Å². The lowest BCUT2D eigenvalue weighted by molar-refractivity contribution is -0.144. The van der Waals surface area contributed by atoms with Gasteiger partial charge in [0.15, 0.2) is 5.78 Å². The monoisotopic (exact) mass is 381 g/mol. The fourth-order valence-electron chi connectivity index (χ4n) is 4.60. The van der Waals surface area contributed by atoms with E-state index in [-0.39, 0.29) is 23.8 Å². The fraction of sp³-hybridized carbons (Fsp3) is 0.478. The third kappa shape index (κ3) is 3.46. The summed E-state index contributed by atoms with van der Waals surface area (Å²) in [6.45, 7) is 1.91. The molecule has 0 bridgehead atoms. The molecule has 5 heteroatoms. The van der Waals surface area contributed by atoms with Gasteiger partial charge >= 0.3 is 5.97 Å². The molecule has 0 radical (unpaired) electrons. The smallest absolute Gasteiger partial charge is 0.337 e. The van der Waals surface area contributed by atoms with Gasteiger partial charge in [-0.3, -0.25) is 4.79 Å². The summed E-state index contributed by atoms with van der Waals surface area (Å²) in [6.07, 6.45) is 6.23. The number of nitrogens with one attached hydrogen (secondary N) is 1. The molecule has 28 heavy (non-hydrogen) atoms. The van der Waals surface area contributed by atoms with E-state index in [1.165, 1.54) is 0 Å². The van der Waals surface area contributed by atoms with E-state index in [0.29, 0.717) is 12.0 Å². The Balaban J connectivity index is 1.75. The molecular weight excluding hydrogens is 354 g/mol. The van der Waals surface area contributed by atoms with Crippen LogP contribution in [-0.4, -0.2) is 25.0 Å². The second-order valence-electron chi connectivity index (χ2n) is 7.85. The molecule has 0 spiro atoms. The minimum atomic E-state index is -0.385. The summed E-state index contributed by atoms with van der Waals surface area (Å²) in [5.74, 6) is 0.178. The Morgan fingerprint density at radius 3 is 2.46 bits per heavy atom. The van der Waals surface area contributed by atoms with Gasteiger partial charge in [0.2, 0.25) is 0 Å². The maximum Gasteiger partial charge on any atom is 0.337 e. The van der Waals surface area contributed by atoms with Gasteiger partial charge in [0, 0.05) is 29.3 Å². The molecule has 1 heterocycles. The Labute approximate surface area is 165 Å². The van der Waals surface area contributed by atoms with Gasteiger partial charge in [0.25, 0.3) is 0 Å². The summed E-state index contributed by atoms with van der Waals surface area (Å²) < 4.78 is 11.1. The Bertz CT molecular complexity index is 844. The van der Waals surface area contributed by atoms with Gasteiger partial charge in [0.1, 0.15) is 11.9 Å². The number of hydrogen-bond acceptors (Lipinski definition) is 5. The molecule has 0 unspecified atom stereocenters. The number of allylic oxidation sites excluding steroid dienone is 3. The first kappa shape index (κ1) is 18.8. The number of ether oxygens (including phenoxy) is 2. The zero-order valence-corrected chi connectivity index (χ0v) is 16.5. The molecule has 1 N–H and O–H groups in total. The highest BCUT2D eigenvalue weighted by Gasteiger charge is 2.39. The average molecular weight is 381 g/mol. The molecule has 1 aromatic rings. The molecule has 1 fully saturated rings. The van der Waals surface area contributed by atoms with Crippen LogP contribution >= 0.6 is 0 Å². The highest BCUT2D eigenvalue weighted by Crippen LogP contribution is 2.43. The Kier molecular flexibility index (Phi) is 5.25. The Hall–Kier alpha value is -2.56. The number of methoxy groups -OCH3 is 1. The number of benzene rings is 1. The van der Waals surface area contributed by atoms with Gasteiger partial charge in [-0.25, -0.2) is 4.79 Å². The van der Waals surface area contributed by atoms with E-state index >= 15 is 0 Å². The number of carbonyl (C=O) groups excluding carboxylic acids is 2. The minimum absolute atomic E-state index is 0.0123. The van der Waals surface area contributed by atoms with Crippen LogP contribution in [0.4, 0.5) is 0 Å². The number of hydrogen-bond donors (Lipinski definition) is 1. The Morgan fingerprint density at radius 1 is 1.07 bits per heavy atom. The third-order valence-corrected chi connectivity index (χ3v) is 6.02. The Morgan fingerprint density at radius 2 is 1.79 bits per heavy atom. The van der Waals surface area contributed by atoms with Crippen LogP contribution < -0.4 is 10.1 Å². The van der Waals surface area contributed by atoms with Crippen molar-refractivity contribution in [3.05, 3.63) is 52.4 Å². The quantitative estimate of drug-likeness (QED) is 0.794. The molecule has 3 aliphatic rings. The van der Waals surface area contributed by atoms with Crippen LogP contribution in [0, 0.1) is 0 Å². The fourth-order valence-corrected chi connectivity index (χ4v) is 4.60. The maximum absolute atomic E-state index is 13.2. The highest BCUT2D eigenvalue weighted by molar-refractivity contribution is 6.03. The molecule has 4 rings (SSSR count). The van der Waals surface area contributed by atoms with Crippen molar-refractivity contribution in [3.63, 3.8) is 0 Å². The molecule has 0 amide bonds. The van der Waals surface area contributed by atoms with Crippen LogP contribution in [-0.2, 0) is 14.3 Å².